The monoisotopic (exact) mass is 316 g/mol. The van der Waals surface area contributed by atoms with Gasteiger partial charge < -0.3 is 9.67 Å². The van der Waals surface area contributed by atoms with E-state index >= 15 is 0 Å². The summed E-state index contributed by atoms with van der Waals surface area (Å²) < 4.78 is 2.20. The normalized spacial score (nSPS) is 12.8. The molecule has 0 aliphatic rings. The maximum atomic E-state index is 9.97. The van der Waals surface area contributed by atoms with Crippen molar-refractivity contribution in [1.82, 2.24) is 9.55 Å². The number of aryl methyl sites for hydroxylation is 1. The van der Waals surface area contributed by atoms with Crippen molar-refractivity contribution in [3.05, 3.63) is 30.1 Å². The molecule has 1 N–H and O–H groups in total. The molecule has 1 heterocycles. The standard InChI is InChI=1S/C20H32N2O/c1-3-4-5-6-7-8-9-10-13-16-22-19-15-12-11-14-18(19)21-20(22)17(2)23/h11-12,14-15,17,23H,3-10,13,16H2,1-2H3. The van der Waals surface area contributed by atoms with E-state index in [1.165, 1.54) is 51.4 Å². The number of aromatic nitrogens is 2. The van der Waals surface area contributed by atoms with Crippen LogP contribution in [-0.2, 0) is 6.54 Å². The third-order valence-corrected chi connectivity index (χ3v) is 4.54. The number of aliphatic hydroxyl groups is 1. The zero-order valence-electron chi connectivity index (χ0n) is 14.8. The molecule has 1 aromatic carbocycles. The first-order valence-corrected chi connectivity index (χ1v) is 9.37. The number of fused-ring (bicyclic) bond motifs is 1. The van der Waals surface area contributed by atoms with Gasteiger partial charge in [0, 0.05) is 6.54 Å². The topological polar surface area (TPSA) is 38.0 Å². The molecule has 0 fully saturated rings. The van der Waals surface area contributed by atoms with Crippen LogP contribution in [0.1, 0.15) is 83.6 Å². The molecule has 3 heteroatoms. The number of hydrogen-bond donors (Lipinski definition) is 1. The molecule has 0 aliphatic heterocycles. The first-order chi connectivity index (χ1) is 11.2. The lowest BCUT2D eigenvalue weighted by Crippen LogP contribution is -2.07. The molecule has 23 heavy (non-hydrogen) atoms. The summed E-state index contributed by atoms with van der Waals surface area (Å²) in [7, 11) is 0. The molecule has 0 amide bonds. The lowest BCUT2D eigenvalue weighted by Gasteiger charge is -2.11. The van der Waals surface area contributed by atoms with Gasteiger partial charge in [0.05, 0.1) is 11.0 Å². The summed E-state index contributed by atoms with van der Waals surface area (Å²) in [6, 6.07) is 8.17. The summed E-state index contributed by atoms with van der Waals surface area (Å²) in [6.45, 7) is 5.02. The fourth-order valence-electron chi connectivity index (χ4n) is 3.23. The van der Waals surface area contributed by atoms with Crippen molar-refractivity contribution in [3.63, 3.8) is 0 Å². The number of para-hydroxylation sites is 2. The zero-order chi connectivity index (χ0) is 16.5. The van der Waals surface area contributed by atoms with E-state index in [4.69, 9.17) is 0 Å². The maximum Gasteiger partial charge on any atom is 0.138 e. The van der Waals surface area contributed by atoms with Crippen molar-refractivity contribution in [2.24, 2.45) is 0 Å². The van der Waals surface area contributed by atoms with E-state index in [1.807, 2.05) is 18.2 Å². The molecular formula is C20H32N2O. The fourth-order valence-corrected chi connectivity index (χ4v) is 3.23. The van der Waals surface area contributed by atoms with Crippen LogP contribution < -0.4 is 0 Å². The van der Waals surface area contributed by atoms with Crippen LogP contribution in [0.5, 0.6) is 0 Å². The van der Waals surface area contributed by atoms with Crippen LogP contribution in [0.2, 0.25) is 0 Å². The second-order valence-corrected chi connectivity index (χ2v) is 6.61. The third-order valence-electron chi connectivity index (χ3n) is 4.54. The van der Waals surface area contributed by atoms with Gasteiger partial charge in [0.2, 0.25) is 0 Å². The highest BCUT2D eigenvalue weighted by Gasteiger charge is 2.13. The summed E-state index contributed by atoms with van der Waals surface area (Å²) in [5.41, 5.74) is 2.13. The molecule has 1 unspecified atom stereocenters. The van der Waals surface area contributed by atoms with E-state index < -0.39 is 6.10 Å². The van der Waals surface area contributed by atoms with E-state index in [0.29, 0.717) is 0 Å². The Morgan fingerprint density at radius 2 is 1.57 bits per heavy atom. The van der Waals surface area contributed by atoms with E-state index in [9.17, 15) is 5.11 Å². The van der Waals surface area contributed by atoms with Crippen molar-refractivity contribution in [1.29, 1.82) is 0 Å². The Hall–Kier alpha value is -1.35. The van der Waals surface area contributed by atoms with Crippen LogP contribution in [0.3, 0.4) is 0 Å². The summed E-state index contributed by atoms with van der Waals surface area (Å²) in [5.74, 6) is 0.797. The van der Waals surface area contributed by atoms with Crippen molar-refractivity contribution < 1.29 is 5.11 Å². The van der Waals surface area contributed by atoms with E-state index in [2.05, 4.69) is 22.5 Å². The van der Waals surface area contributed by atoms with E-state index in [1.54, 1.807) is 6.92 Å². The van der Waals surface area contributed by atoms with Crippen molar-refractivity contribution >= 4 is 11.0 Å². The molecule has 0 radical (unpaired) electrons. The van der Waals surface area contributed by atoms with Gasteiger partial charge in [-0.05, 0) is 25.5 Å². The van der Waals surface area contributed by atoms with Crippen LogP contribution in [0, 0.1) is 0 Å². The first kappa shape index (κ1) is 18.0. The number of benzene rings is 1. The summed E-state index contributed by atoms with van der Waals surface area (Å²) in [5, 5.41) is 9.97. The van der Waals surface area contributed by atoms with Gasteiger partial charge in [0.15, 0.2) is 0 Å². The van der Waals surface area contributed by atoms with Crippen molar-refractivity contribution in [2.45, 2.75) is 84.3 Å². The quantitative estimate of drug-likeness (QED) is 0.546. The first-order valence-electron chi connectivity index (χ1n) is 9.37. The lowest BCUT2D eigenvalue weighted by molar-refractivity contribution is 0.184. The molecule has 1 aromatic heterocycles. The van der Waals surface area contributed by atoms with Gasteiger partial charge in [-0.15, -0.1) is 0 Å². The van der Waals surface area contributed by atoms with Crippen LogP contribution in [0.15, 0.2) is 24.3 Å². The molecule has 0 bridgehead atoms. The summed E-state index contributed by atoms with van der Waals surface area (Å²) in [6.07, 6.45) is 11.5. The summed E-state index contributed by atoms with van der Waals surface area (Å²) in [4.78, 5) is 4.58. The third kappa shape index (κ3) is 5.35. The number of nitrogens with zero attached hydrogens (tertiary/aromatic N) is 2. The van der Waals surface area contributed by atoms with Gasteiger partial charge in [-0.2, -0.15) is 0 Å². The molecule has 0 aliphatic carbocycles. The number of rotatable bonds is 11. The Bertz CT molecular complexity index is 574. The molecule has 1 atom stereocenters. The highest BCUT2D eigenvalue weighted by atomic mass is 16.3. The van der Waals surface area contributed by atoms with Crippen LogP contribution in [-0.4, -0.2) is 14.7 Å². The van der Waals surface area contributed by atoms with E-state index in [0.717, 1.165) is 29.8 Å². The maximum absolute atomic E-state index is 9.97. The van der Waals surface area contributed by atoms with Gasteiger partial charge in [-0.1, -0.05) is 70.4 Å². The predicted octanol–water partition coefficient (Wildman–Crippen LogP) is 5.62. The molecule has 3 nitrogen and oxygen atoms in total. The average molecular weight is 316 g/mol. The van der Waals surface area contributed by atoms with E-state index in [-0.39, 0.29) is 0 Å². The smallest absolute Gasteiger partial charge is 0.138 e. The number of unbranched alkanes of at least 4 members (excludes halogenated alkanes) is 8. The number of imidazole rings is 1. The molecule has 0 saturated heterocycles. The Balaban J connectivity index is 1.77. The van der Waals surface area contributed by atoms with Crippen LogP contribution >= 0.6 is 0 Å². The molecule has 0 saturated carbocycles. The van der Waals surface area contributed by atoms with Crippen molar-refractivity contribution in [3.8, 4) is 0 Å². The highest BCUT2D eigenvalue weighted by Crippen LogP contribution is 2.21. The average Bonchev–Trinajstić information content (AvgIpc) is 2.92. The predicted molar refractivity (Wildman–Crippen MR) is 97.6 cm³/mol. The van der Waals surface area contributed by atoms with Crippen molar-refractivity contribution in [2.75, 3.05) is 0 Å². The summed E-state index contributed by atoms with van der Waals surface area (Å²) >= 11 is 0. The number of aliphatic hydroxyl groups excluding tert-OH is 1. The highest BCUT2D eigenvalue weighted by molar-refractivity contribution is 5.75. The second-order valence-electron chi connectivity index (χ2n) is 6.61. The second kappa shape index (κ2) is 9.71. The SMILES string of the molecule is CCCCCCCCCCCn1c(C(C)O)nc2ccccc21. The Morgan fingerprint density at radius 3 is 2.22 bits per heavy atom. The Labute approximate surface area is 140 Å². The molecule has 2 rings (SSSR count). The lowest BCUT2D eigenvalue weighted by atomic mass is 10.1. The zero-order valence-corrected chi connectivity index (χ0v) is 14.8. The van der Waals surface area contributed by atoms with Gasteiger partial charge >= 0.3 is 0 Å². The van der Waals surface area contributed by atoms with Gasteiger partial charge in [0.25, 0.3) is 0 Å². The Morgan fingerprint density at radius 1 is 0.957 bits per heavy atom. The molecular weight excluding hydrogens is 284 g/mol. The number of hydrogen-bond acceptors (Lipinski definition) is 2. The fraction of sp³-hybridized carbons (Fsp3) is 0.650. The largest absolute Gasteiger partial charge is 0.385 e. The van der Waals surface area contributed by atoms with Crippen LogP contribution in [0.4, 0.5) is 0 Å². The molecule has 128 valence electrons. The minimum Gasteiger partial charge on any atom is -0.385 e. The van der Waals surface area contributed by atoms with Gasteiger partial charge in [-0.3, -0.25) is 0 Å². The molecule has 0 spiro atoms. The minimum absolute atomic E-state index is 0.513. The minimum atomic E-state index is -0.513. The van der Waals surface area contributed by atoms with Crippen LogP contribution in [0.25, 0.3) is 11.0 Å². The van der Waals surface area contributed by atoms with Gasteiger partial charge in [-0.25, -0.2) is 4.98 Å². The Kier molecular flexibility index (Phi) is 7.60. The van der Waals surface area contributed by atoms with Gasteiger partial charge in [0.1, 0.15) is 11.9 Å². The molecule has 2 aromatic rings.